The van der Waals surface area contributed by atoms with E-state index in [9.17, 15) is 14.4 Å². The number of fused-ring (bicyclic) bond motifs is 1. The molecule has 0 radical (unpaired) electrons. The molecule has 0 aliphatic carbocycles. The number of pyridine rings is 1. The molecule has 1 aliphatic heterocycles. The van der Waals surface area contributed by atoms with Crippen molar-refractivity contribution in [3.8, 4) is 11.5 Å². The second-order valence-electron chi connectivity index (χ2n) is 11.4. The third-order valence-electron chi connectivity index (χ3n) is 7.90. The van der Waals surface area contributed by atoms with Gasteiger partial charge in [-0.15, -0.1) is 24.8 Å². The van der Waals surface area contributed by atoms with E-state index in [0.29, 0.717) is 55.5 Å². The number of halogens is 2. The molecule has 12 heteroatoms. The van der Waals surface area contributed by atoms with E-state index in [1.807, 2.05) is 37.4 Å². The average molecular weight is 675 g/mol. The van der Waals surface area contributed by atoms with Crippen LogP contribution in [0.2, 0.25) is 0 Å². The molecule has 2 heterocycles. The molecule has 3 aromatic rings. The van der Waals surface area contributed by atoms with Crippen molar-refractivity contribution in [2.24, 2.45) is 5.41 Å². The second-order valence-corrected chi connectivity index (χ2v) is 11.4. The number of carbonyl (C=O) groups is 3. The number of anilines is 2. The number of ether oxygens (including phenoxy) is 2. The number of hydrogen-bond acceptors (Lipinski definition) is 7. The van der Waals surface area contributed by atoms with Gasteiger partial charge in [0.2, 0.25) is 11.8 Å². The Morgan fingerprint density at radius 3 is 2.35 bits per heavy atom. The van der Waals surface area contributed by atoms with E-state index in [1.54, 1.807) is 74.0 Å². The molecule has 4 rings (SSSR count). The van der Waals surface area contributed by atoms with Crippen molar-refractivity contribution in [1.29, 1.82) is 0 Å². The summed E-state index contributed by atoms with van der Waals surface area (Å²) in [6.45, 7) is 8.12. The van der Waals surface area contributed by atoms with Crippen LogP contribution in [0, 0.1) is 5.41 Å². The highest BCUT2D eigenvalue weighted by Gasteiger charge is 2.45. The number of carbonyl (C=O) groups excluding carboxylic acids is 3. The van der Waals surface area contributed by atoms with Crippen LogP contribution in [0.1, 0.15) is 48.8 Å². The van der Waals surface area contributed by atoms with E-state index in [2.05, 4.69) is 16.4 Å². The van der Waals surface area contributed by atoms with Gasteiger partial charge >= 0.3 is 0 Å². The molecule has 1 aliphatic rings. The molecule has 2 aromatic carbocycles. The van der Waals surface area contributed by atoms with E-state index in [0.717, 1.165) is 29.8 Å². The first kappa shape index (κ1) is 38.3. The third kappa shape index (κ3) is 8.90. The van der Waals surface area contributed by atoms with Crippen LogP contribution < -0.4 is 24.6 Å². The van der Waals surface area contributed by atoms with Crippen molar-refractivity contribution in [2.75, 3.05) is 57.2 Å². The molecule has 250 valence electrons. The SMILES string of the molecule is CCN1C(=O)C(C)(C)C(=O)N(C)c2cc(OCCCc3cc(CNCCN(C)C(=O)c4ccc(OC)cc4)ccn3)ccc21.Cl.Cl. The number of nitrogens with one attached hydrogen (secondary N) is 1. The minimum Gasteiger partial charge on any atom is -0.497 e. The molecule has 0 saturated carbocycles. The predicted molar refractivity (Wildman–Crippen MR) is 186 cm³/mol. The number of likely N-dealkylation sites (N-methyl/N-ethyl adjacent to an activating group) is 1. The predicted octanol–water partition coefficient (Wildman–Crippen LogP) is 5.16. The van der Waals surface area contributed by atoms with Crippen LogP contribution in [0.25, 0.3) is 0 Å². The summed E-state index contributed by atoms with van der Waals surface area (Å²) < 4.78 is 11.2. The molecule has 0 fully saturated rings. The number of benzene rings is 2. The van der Waals surface area contributed by atoms with E-state index in [1.165, 1.54) is 0 Å². The minimum absolute atomic E-state index is 0. The molecule has 0 atom stereocenters. The van der Waals surface area contributed by atoms with Gasteiger partial charge < -0.3 is 29.5 Å². The molecule has 0 bridgehead atoms. The normalized spacial score (nSPS) is 13.6. The standard InChI is InChI=1S/C34H43N5O5.2ClH/c1-7-39-29-15-14-28(22-30(29)38(5)32(41)34(2,3)33(39)42)44-20-8-9-26-21-24(16-17-36-26)23-35-18-19-37(4)31(40)25-10-12-27(43-6)13-11-25;;/h10-17,21-22,35H,7-9,18-20,23H2,1-6H3;2*1H. The zero-order valence-electron chi connectivity index (χ0n) is 27.4. The zero-order valence-corrected chi connectivity index (χ0v) is 29.0. The summed E-state index contributed by atoms with van der Waals surface area (Å²) in [6, 6.07) is 16.7. The Labute approximate surface area is 284 Å². The third-order valence-corrected chi connectivity index (χ3v) is 7.90. The van der Waals surface area contributed by atoms with Gasteiger partial charge in [0.1, 0.15) is 16.9 Å². The van der Waals surface area contributed by atoms with E-state index >= 15 is 0 Å². The smallest absolute Gasteiger partial charge is 0.253 e. The zero-order chi connectivity index (χ0) is 31.9. The van der Waals surface area contributed by atoms with Gasteiger partial charge in [0.15, 0.2) is 0 Å². The summed E-state index contributed by atoms with van der Waals surface area (Å²) in [7, 11) is 5.10. The lowest BCUT2D eigenvalue weighted by atomic mass is 9.90. The Morgan fingerprint density at radius 1 is 0.978 bits per heavy atom. The van der Waals surface area contributed by atoms with Crippen LogP contribution in [0.3, 0.4) is 0 Å². The van der Waals surface area contributed by atoms with Crippen LogP contribution in [0.4, 0.5) is 11.4 Å². The molecule has 3 amide bonds. The van der Waals surface area contributed by atoms with Gasteiger partial charge in [0.05, 0.1) is 25.1 Å². The topological polar surface area (TPSA) is 104 Å². The Bertz CT molecular complexity index is 1490. The van der Waals surface area contributed by atoms with E-state index in [4.69, 9.17) is 9.47 Å². The monoisotopic (exact) mass is 673 g/mol. The van der Waals surface area contributed by atoms with Gasteiger partial charge in [-0.1, -0.05) is 0 Å². The highest BCUT2D eigenvalue weighted by molar-refractivity contribution is 6.20. The molecule has 0 spiro atoms. The first-order valence-corrected chi connectivity index (χ1v) is 15.0. The molecule has 10 nitrogen and oxygen atoms in total. The van der Waals surface area contributed by atoms with Crippen molar-refractivity contribution >= 4 is 53.9 Å². The summed E-state index contributed by atoms with van der Waals surface area (Å²) in [6.07, 6.45) is 3.33. The lowest BCUT2D eigenvalue weighted by Crippen LogP contribution is -2.47. The van der Waals surface area contributed by atoms with Crippen LogP contribution >= 0.6 is 24.8 Å². The average Bonchev–Trinajstić information content (AvgIpc) is 3.09. The summed E-state index contributed by atoms with van der Waals surface area (Å²) in [5, 5.41) is 3.41. The van der Waals surface area contributed by atoms with E-state index < -0.39 is 5.41 Å². The number of aryl methyl sites for hydroxylation is 1. The van der Waals surface area contributed by atoms with Crippen molar-refractivity contribution < 1.29 is 23.9 Å². The second kappa shape index (κ2) is 17.2. The lowest BCUT2D eigenvalue weighted by molar-refractivity contribution is -0.137. The number of amides is 3. The maximum atomic E-state index is 13.1. The molecular weight excluding hydrogens is 629 g/mol. The van der Waals surface area contributed by atoms with Crippen LogP contribution in [-0.2, 0) is 22.6 Å². The molecule has 0 unspecified atom stereocenters. The molecular formula is C34H45Cl2N5O5. The van der Waals surface area contributed by atoms with Crippen molar-refractivity contribution in [3.05, 3.63) is 77.6 Å². The Hall–Kier alpha value is -3.86. The van der Waals surface area contributed by atoms with Gasteiger partial charge in [0, 0.05) is 63.8 Å². The Kier molecular flexibility index (Phi) is 14.3. The summed E-state index contributed by atoms with van der Waals surface area (Å²) in [4.78, 5) is 48.2. The first-order chi connectivity index (χ1) is 21.1. The quantitative estimate of drug-likeness (QED) is 0.197. The van der Waals surface area contributed by atoms with Crippen LogP contribution in [0.15, 0.2) is 60.8 Å². The fourth-order valence-electron chi connectivity index (χ4n) is 5.22. The number of hydrogen-bond donors (Lipinski definition) is 1. The highest BCUT2D eigenvalue weighted by atomic mass is 35.5. The van der Waals surface area contributed by atoms with Crippen molar-refractivity contribution in [3.63, 3.8) is 0 Å². The summed E-state index contributed by atoms with van der Waals surface area (Å²) in [5.74, 6) is 0.885. The Balaban J connectivity index is 0.00000368. The lowest BCUT2D eigenvalue weighted by Gasteiger charge is -2.27. The van der Waals surface area contributed by atoms with E-state index in [-0.39, 0.29) is 42.5 Å². The van der Waals surface area contributed by atoms with Crippen molar-refractivity contribution in [2.45, 2.75) is 40.2 Å². The largest absolute Gasteiger partial charge is 0.497 e. The summed E-state index contributed by atoms with van der Waals surface area (Å²) >= 11 is 0. The van der Waals surface area contributed by atoms with Gasteiger partial charge in [-0.25, -0.2) is 0 Å². The number of rotatable bonds is 13. The maximum absolute atomic E-state index is 13.1. The van der Waals surface area contributed by atoms with Gasteiger partial charge in [0.25, 0.3) is 5.91 Å². The number of aromatic nitrogens is 1. The molecule has 0 saturated heterocycles. The van der Waals surface area contributed by atoms with Gasteiger partial charge in [-0.3, -0.25) is 19.4 Å². The van der Waals surface area contributed by atoms with Gasteiger partial charge in [-0.2, -0.15) is 0 Å². The maximum Gasteiger partial charge on any atom is 0.253 e. The summed E-state index contributed by atoms with van der Waals surface area (Å²) in [5.41, 5.74) is 2.95. The molecule has 1 aromatic heterocycles. The van der Waals surface area contributed by atoms with Gasteiger partial charge in [-0.05, 0) is 87.7 Å². The van der Waals surface area contributed by atoms with Crippen LogP contribution in [-0.4, -0.2) is 75.1 Å². The van der Waals surface area contributed by atoms with Crippen molar-refractivity contribution in [1.82, 2.24) is 15.2 Å². The molecule has 46 heavy (non-hydrogen) atoms. The van der Waals surface area contributed by atoms with Crippen LogP contribution in [0.5, 0.6) is 11.5 Å². The minimum atomic E-state index is -1.14. The fourth-order valence-corrected chi connectivity index (χ4v) is 5.22. The number of methoxy groups -OCH3 is 1. The Morgan fingerprint density at radius 2 is 1.67 bits per heavy atom. The fraction of sp³-hybridized carbons (Fsp3) is 0.412. The first-order valence-electron chi connectivity index (χ1n) is 15.0. The highest BCUT2D eigenvalue weighted by Crippen LogP contribution is 2.40. The number of nitrogens with zero attached hydrogens (tertiary/aromatic N) is 4. The molecule has 1 N–H and O–H groups in total.